The van der Waals surface area contributed by atoms with E-state index in [2.05, 4.69) is 63.0 Å². The molecule has 0 saturated carbocycles. The van der Waals surface area contributed by atoms with Crippen molar-refractivity contribution in [3.05, 3.63) is 59.4 Å². The highest BCUT2D eigenvalue weighted by molar-refractivity contribution is 14.1. The number of aryl methyl sites for hydroxylation is 2. The quantitative estimate of drug-likeness (QED) is 0.319. The molecule has 0 bridgehead atoms. The van der Waals surface area contributed by atoms with Crippen LogP contribution in [0.4, 0.5) is 11.8 Å². The normalized spacial score (nSPS) is 10.4. The summed E-state index contributed by atoms with van der Waals surface area (Å²) < 4.78 is 0. The molecule has 0 atom stereocenters. The second kappa shape index (κ2) is 8.43. The number of nitrogens with one attached hydrogen (secondary N) is 2. The van der Waals surface area contributed by atoms with Crippen molar-refractivity contribution < 1.29 is 0 Å². The average molecular weight is 472 g/mol. The first-order valence-corrected chi connectivity index (χ1v) is 10.6. The molecule has 0 radical (unpaired) electrons. The van der Waals surface area contributed by atoms with Crippen molar-refractivity contribution in [2.75, 3.05) is 10.2 Å². The van der Waals surface area contributed by atoms with Crippen molar-refractivity contribution in [2.45, 2.75) is 20.8 Å². The standard InChI is InChI=1S/C19H18N6.CH3I/c1-11-7-6-9-14(12(11)2)17-21-16-10-5-4-8-15(16)18(22-17)23-19-20-13(3)24-25-19;1-2/h4-10H,1-3H3,(H2,20,21,22,23,24,25);1H3. The van der Waals surface area contributed by atoms with Gasteiger partial charge in [-0.2, -0.15) is 4.98 Å². The molecule has 27 heavy (non-hydrogen) atoms. The zero-order valence-electron chi connectivity index (χ0n) is 15.7. The second-order valence-corrected chi connectivity index (χ2v) is 6.03. The molecule has 0 aliphatic carbocycles. The van der Waals surface area contributed by atoms with Crippen LogP contribution in [0.3, 0.4) is 0 Å². The summed E-state index contributed by atoms with van der Waals surface area (Å²) >= 11 is 2.15. The van der Waals surface area contributed by atoms with Crippen molar-refractivity contribution >= 4 is 45.3 Å². The van der Waals surface area contributed by atoms with Gasteiger partial charge in [0.05, 0.1) is 5.52 Å². The van der Waals surface area contributed by atoms with Crippen LogP contribution in [0.25, 0.3) is 22.3 Å². The Morgan fingerprint density at radius 3 is 2.41 bits per heavy atom. The van der Waals surface area contributed by atoms with E-state index < -0.39 is 0 Å². The van der Waals surface area contributed by atoms with Crippen LogP contribution < -0.4 is 5.32 Å². The second-order valence-electron chi connectivity index (χ2n) is 6.03. The topological polar surface area (TPSA) is 79.4 Å². The fourth-order valence-corrected chi connectivity index (χ4v) is 2.79. The lowest BCUT2D eigenvalue weighted by atomic mass is 10.0. The molecule has 2 aromatic heterocycles. The first-order valence-electron chi connectivity index (χ1n) is 8.49. The molecule has 2 aromatic carbocycles. The number of H-pyrrole nitrogens is 1. The zero-order valence-corrected chi connectivity index (χ0v) is 17.9. The van der Waals surface area contributed by atoms with E-state index in [1.807, 2.05) is 48.3 Å². The third-order valence-electron chi connectivity index (χ3n) is 4.28. The van der Waals surface area contributed by atoms with Gasteiger partial charge in [-0.1, -0.05) is 52.9 Å². The molecule has 0 unspecified atom stereocenters. The van der Waals surface area contributed by atoms with Crippen LogP contribution in [0.5, 0.6) is 0 Å². The van der Waals surface area contributed by atoms with Gasteiger partial charge in [-0.25, -0.2) is 9.97 Å². The molecular formula is C20H21IN6. The minimum Gasteiger partial charge on any atom is -0.307 e. The number of anilines is 2. The summed E-state index contributed by atoms with van der Waals surface area (Å²) in [6, 6.07) is 14.1. The number of para-hydroxylation sites is 1. The lowest BCUT2D eigenvalue weighted by molar-refractivity contribution is 1.04. The van der Waals surface area contributed by atoms with Crippen LogP contribution in [-0.4, -0.2) is 30.1 Å². The highest BCUT2D eigenvalue weighted by atomic mass is 127. The number of benzene rings is 2. The number of rotatable bonds is 3. The van der Waals surface area contributed by atoms with E-state index in [9.17, 15) is 0 Å². The van der Waals surface area contributed by atoms with E-state index in [0.29, 0.717) is 17.6 Å². The molecule has 0 saturated heterocycles. The van der Waals surface area contributed by atoms with Gasteiger partial charge >= 0.3 is 0 Å². The number of aromatic nitrogens is 5. The predicted molar refractivity (Wildman–Crippen MR) is 119 cm³/mol. The van der Waals surface area contributed by atoms with Gasteiger partial charge in [0.1, 0.15) is 11.6 Å². The van der Waals surface area contributed by atoms with Crippen LogP contribution in [0.1, 0.15) is 17.0 Å². The lowest BCUT2D eigenvalue weighted by Gasteiger charge is -2.11. The Labute approximate surface area is 172 Å². The minimum absolute atomic E-state index is 0.494. The summed E-state index contributed by atoms with van der Waals surface area (Å²) in [5.41, 5.74) is 4.30. The Bertz CT molecular complexity index is 1070. The molecule has 0 aliphatic rings. The number of hydrogen-bond acceptors (Lipinski definition) is 5. The zero-order chi connectivity index (χ0) is 19.4. The average Bonchev–Trinajstić information content (AvgIpc) is 3.10. The monoisotopic (exact) mass is 472 g/mol. The Hall–Kier alpha value is -2.55. The lowest BCUT2D eigenvalue weighted by Crippen LogP contribution is -2.01. The van der Waals surface area contributed by atoms with Gasteiger partial charge < -0.3 is 5.32 Å². The van der Waals surface area contributed by atoms with Gasteiger partial charge in [0.15, 0.2) is 5.82 Å². The number of hydrogen-bond donors (Lipinski definition) is 2. The molecule has 2 N–H and O–H groups in total. The Morgan fingerprint density at radius 2 is 1.67 bits per heavy atom. The van der Waals surface area contributed by atoms with Gasteiger partial charge in [0.2, 0.25) is 5.95 Å². The number of halogens is 1. The summed E-state index contributed by atoms with van der Waals surface area (Å²) in [6.07, 6.45) is 0. The van der Waals surface area contributed by atoms with Crippen molar-refractivity contribution in [1.29, 1.82) is 0 Å². The van der Waals surface area contributed by atoms with E-state index in [-0.39, 0.29) is 0 Å². The Morgan fingerprint density at radius 1 is 0.889 bits per heavy atom. The molecule has 138 valence electrons. The van der Waals surface area contributed by atoms with E-state index in [4.69, 9.17) is 9.97 Å². The van der Waals surface area contributed by atoms with Gasteiger partial charge in [0.25, 0.3) is 0 Å². The van der Waals surface area contributed by atoms with E-state index in [0.717, 1.165) is 22.3 Å². The number of fused-ring (bicyclic) bond motifs is 1. The molecular weight excluding hydrogens is 451 g/mol. The third kappa shape index (κ3) is 4.08. The first-order chi connectivity index (χ1) is 13.1. The highest BCUT2D eigenvalue weighted by Gasteiger charge is 2.13. The van der Waals surface area contributed by atoms with Crippen molar-refractivity contribution in [2.24, 2.45) is 0 Å². The summed E-state index contributed by atoms with van der Waals surface area (Å²) in [6.45, 7) is 6.04. The van der Waals surface area contributed by atoms with E-state index >= 15 is 0 Å². The minimum atomic E-state index is 0.494. The maximum atomic E-state index is 4.76. The Balaban J connectivity index is 0.00000102. The fraction of sp³-hybridized carbons (Fsp3) is 0.200. The third-order valence-corrected chi connectivity index (χ3v) is 4.28. The fourth-order valence-electron chi connectivity index (χ4n) is 2.79. The summed E-state index contributed by atoms with van der Waals surface area (Å²) in [5.74, 6) is 2.62. The smallest absolute Gasteiger partial charge is 0.247 e. The van der Waals surface area contributed by atoms with E-state index in [1.54, 1.807) is 0 Å². The maximum Gasteiger partial charge on any atom is 0.247 e. The maximum absolute atomic E-state index is 4.76. The van der Waals surface area contributed by atoms with Crippen molar-refractivity contribution in [3.8, 4) is 11.4 Å². The molecule has 6 nitrogen and oxygen atoms in total. The van der Waals surface area contributed by atoms with Gasteiger partial charge in [-0.05, 0) is 49.0 Å². The number of alkyl halides is 1. The summed E-state index contributed by atoms with van der Waals surface area (Å²) in [7, 11) is 0. The number of aromatic amines is 1. The summed E-state index contributed by atoms with van der Waals surface area (Å²) in [4.78, 5) is 15.8. The number of nitrogens with zero attached hydrogens (tertiary/aromatic N) is 4. The van der Waals surface area contributed by atoms with E-state index in [1.165, 1.54) is 11.1 Å². The Kier molecular flexibility index (Phi) is 6.00. The SMILES string of the molecule is CI.Cc1nc(Nc2nc(-c3cccc(C)c3C)nc3ccccc23)n[nH]1. The van der Waals surface area contributed by atoms with Gasteiger partial charge in [0, 0.05) is 10.9 Å². The molecule has 0 fully saturated rings. The van der Waals surface area contributed by atoms with Crippen molar-refractivity contribution in [3.63, 3.8) is 0 Å². The molecule has 7 heteroatoms. The molecule has 2 heterocycles. The van der Waals surface area contributed by atoms with Gasteiger partial charge in [-0.15, -0.1) is 5.10 Å². The predicted octanol–water partition coefficient (Wildman–Crippen LogP) is 5.13. The van der Waals surface area contributed by atoms with Crippen LogP contribution >= 0.6 is 22.6 Å². The molecule has 0 aliphatic heterocycles. The highest BCUT2D eigenvalue weighted by Crippen LogP contribution is 2.28. The molecule has 0 amide bonds. The molecule has 0 spiro atoms. The summed E-state index contributed by atoms with van der Waals surface area (Å²) in [5, 5.41) is 11.1. The van der Waals surface area contributed by atoms with Gasteiger partial charge in [-0.3, -0.25) is 5.10 Å². The van der Waals surface area contributed by atoms with Crippen molar-refractivity contribution in [1.82, 2.24) is 25.1 Å². The van der Waals surface area contributed by atoms with Crippen LogP contribution in [-0.2, 0) is 0 Å². The van der Waals surface area contributed by atoms with Crippen LogP contribution in [0.2, 0.25) is 0 Å². The molecule has 4 aromatic rings. The largest absolute Gasteiger partial charge is 0.307 e. The van der Waals surface area contributed by atoms with Crippen LogP contribution in [0.15, 0.2) is 42.5 Å². The first kappa shape index (κ1) is 19.2. The van der Waals surface area contributed by atoms with Crippen LogP contribution in [0, 0.1) is 20.8 Å². The molecule has 4 rings (SSSR count).